The molecule has 0 nitrogen and oxygen atoms in total. The van der Waals surface area contributed by atoms with Crippen LogP contribution >= 0.6 is 22.1 Å². The zero-order valence-corrected chi connectivity index (χ0v) is 9.22. The Balaban J connectivity index is 3.59. The fourth-order valence-electron chi connectivity index (χ4n) is 0.532. The van der Waals surface area contributed by atoms with Gasteiger partial charge in [0.2, 0.25) is 0 Å². The summed E-state index contributed by atoms with van der Waals surface area (Å²) in [6, 6.07) is 0. The number of halogens is 1. The molecule has 2 heteroatoms. The van der Waals surface area contributed by atoms with Gasteiger partial charge in [-0.3, -0.25) is 0 Å². The van der Waals surface area contributed by atoms with Crippen molar-refractivity contribution in [2.45, 2.75) is 39.3 Å². The Morgan fingerprint density at radius 2 is 1.78 bits per heavy atom. The largest absolute Gasteiger partial charge is 0.0650 e. The second-order valence-corrected chi connectivity index (χ2v) is 8.34. The quantitative estimate of drug-likeness (QED) is 0.606. The molecule has 56 valence electrons. The van der Waals surface area contributed by atoms with Crippen LogP contribution in [0.5, 0.6) is 0 Å². The molecule has 0 spiro atoms. The number of hydrogen-bond donors (Lipinski definition) is 0. The molecule has 1 unspecified atom stereocenters. The molecule has 1 atom stereocenters. The maximum atomic E-state index is 3.72. The molecule has 0 aliphatic rings. The Kier molecular flexibility index (Phi) is 4.33. The van der Waals surface area contributed by atoms with E-state index in [4.69, 9.17) is 0 Å². The van der Waals surface area contributed by atoms with Crippen LogP contribution in [0.2, 0.25) is 0 Å². The zero-order chi connectivity index (χ0) is 7.49. The first-order valence-corrected chi connectivity index (χ1v) is 6.96. The van der Waals surface area contributed by atoms with Gasteiger partial charge in [0.05, 0.1) is 0 Å². The summed E-state index contributed by atoms with van der Waals surface area (Å²) >= 11 is 3.72. The average Bonchev–Trinajstić information content (AvgIpc) is 1.64. The normalized spacial score (nSPS) is 15.7. The predicted molar refractivity (Wildman–Crippen MR) is 50.8 cm³/mol. The highest BCUT2D eigenvalue weighted by Gasteiger charge is 2.19. The minimum Gasteiger partial charge on any atom is -0.0650 e. The zero-order valence-electron chi connectivity index (χ0n) is 6.74. The molecule has 0 heterocycles. The van der Waals surface area contributed by atoms with Crippen molar-refractivity contribution < 1.29 is 0 Å². The number of rotatable bonds is 2. The number of hydrogen-bond acceptors (Lipinski definition) is 0. The summed E-state index contributed by atoms with van der Waals surface area (Å²) in [7, 11) is 0. The molecule has 0 aliphatic heterocycles. The van der Waals surface area contributed by atoms with Crippen molar-refractivity contribution in [2.24, 2.45) is 0 Å². The molecule has 9 heavy (non-hydrogen) atoms. The van der Waals surface area contributed by atoms with E-state index in [1.54, 1.807) is 0 Å². The SMILES string of the molecule is CCCP(Br)C(C)(C)C. The maximum Gasteiger partial charge on any atom is -0.00813 e. The average molecular weight is 211 g/mol. The van der Waals surface area contributed by atoms with Crippen molar-refractivity contribution in [1.82, 2.24) is 0 Å². The monoisotopic (exact) mass is 210 g/mol. The third-order valence-electron chi connectivity index (χ3n) is 1.15. The highest BCUT2D eigenvalue weighted by atomic mass is 79.9. The Bertz CT molecular complexity index is 75.5. The standard InChI is InChI=1S/C7H16BrP/c1-5-6-9(8)7(2,3)4/h5-6H2,1-4H3. The van der Waals surface area contributed by atoms with E-state index < -0.39 is 0 Å². The fraction of sp³-hybridized carbons (Fsp3) is 1.00. The lowest BCUT2D eigenvalue weighted by molar-refractivity contribution is 0.788. The van der Waals surface area contributed by atoms with Crippen molar-refractivity contribution in [3.8, 4) is 0 Å². The Hall–Kier alpha value is 0.910. The van der Waals surface area contributed by atoms with E-state index in [1.165, 1.54) is 12.6 Å². The van der Waals surface area contributed by atoms with E-state index in [1.807, 2.05) is 0 Å². The van der Waals surface area contributed by atoms with Gasteiger partial charge in [-0.05, 0) is 17.9 Å². The molecule has 0 aromatic rings. The van der Waals surface area contributed by atoms with Gasteiger partial charge in [0, 0.05) is 0 Å². The third-order valence-corrected chi connectivity index (χ3v) is 7.70. The summed E-state index contributed by atoms with van der Waals surface area (Å²) in [5.41, 5.74) is 0. The van der Waals surface area contributed by atoms with Crippen LogP contribution < -0.4 is 0 Å². The van der Waals surface area contributed by atoms with Crippen LogP contribution in [0.15, 0.2) is 0 Å². The van der Waals surface area contributed by atoms with Crippen LogP contribution in [0, 0.1) is 0 Å². The Morgan fingerprint density at radius 3 is 1.89 bits per heavy atom. The molecule has 0 radical (unpaired) electrons. The van der Waals surface area contributed by atoms with Gasteiger partial charge in [0.1, 0.15) is 0 Å². The third kappa shape index (κ3) is 4.33. The van der Waals surface area contributed by atoms with Gasteiger partial charge in [0.15, 0.2) is 0 Å². The summed E-state index contributed by atoms with van der Waals surface area (Å²) in [6.07, 6.45) is 2.65. The van der Waals surface area contributed by atoms with E-state index >= 15 is 0 Å². The topological polar surface area (TPSA) is 0 Å². The summed E-state index contributed by atoms with van der Waals surface area (Å²) in [6.45, 7) is 9.21. The van der Waals surface area contributed by atoms with E-state index in [0.29, 0.717) is 5.16 Å². The second-order valence-electron chi connectivity index (χ2n) is 3.26. The lowest BCUT2D eigenvalue weighted by atomic mass is 10.3. The van der Waals surface area contributed by atoms with E-state index in [2.05, 4.69) is 43.2 Å². The van der Waals surface area contributed by atoms with Crippen LogP contribution in [-0.2, 0) is 0 Å². The summed E-state index contributed by atoms with van der Waals surface area (Å²) in [5, 5.41) is 0.491. The van der Waals surface area contributed by atoms with Gasteiger partial charge in [-0.25, -0.2) is 0 Å². The van der Waals surface area contributed by atoms with Crippen LogP contribution in [0.25, 0.3) is 0 Å². The van der Waals surface area contributed by atoms with Crippen molar-refractivity contribution >= 4 is 22.1 Å². The van der Waals surface area contributed by atoms with E-state index in [-0.39, 0.29) is 6.62 Å². The smallest absolute Gasteiger partial charge is 0.00813 e. The molecule has 0 aromatic carbocycles. The van der Waals surface area contributed by atoms with Crippen LogP contribution in [0.4, 0.5) is 0 Å². The molecular formula is C7H16BrP. The molecule has 0 amide bonds. The van der Waals surface area contributed by atoms with Crippen LogP contribution in [0.3, 0.4) is 0 Å². The molecule has 0 bridgehead atoms. The molecule has 0 aromatic heterocycles. The van der Waals surface area contributed by atoms with Crippen LogP contribution in [-0.4, -0.2) is 11.3 Å². The summed E-state index contributed by atoms with van der Waals surface area (Å²) in [4.78, 5) is 0. The molecule has 0 saturated carbocycles. The lowest BCUT2D eigenvalue weighted by Gasteiger charge is -2.24. The summed E-state index contributed by atoms with van der Waals surface area (Å²) in [5.74, 6) is 0. The first kappa shape index (κ1) is 9.91. The second kappa shape index (κ2) is 3.93. The fourth-order valence-corrected chi connectivity index (χ4v) is 2.66. The minimum atomic E-state index is 0.0908. The lowest BCUT2D eigenvalue weighted by Crippen LogP contribution is -2.09. The first-order valence-electron chi connectivity index (χ1n) is 3.42. The maximum absolute atomic E-state index is 3.72. The van der Waals surface area contributed by atoms with Gasteiger partial charge in [-0.1, -0.05) is 49.6 Å². The molecule has 0 saturated heterocycles. The van der Waals surface area contributed by atoms with Gasteiger partial charge in [-0.15, -0.1) is 0 Å². The van der Waals surface area contributed by atoms with Gasteiger partial charge < -0.3 is 0 Å². The molecular weight excluding hydrogens is 195 g/mol. The molecule has 0 fully saturated rings. The van der Waals surface area contributed by atoms with E-state index in [9.17, 15) is 0 Å². The van der Waals surface area contributed by atoms with Gasteiger partial charge in [-0.2, -0.15) is 0 Å². The molecule has 0 aliphatic carbocycles. The highest BCUT2D eigenvalue weighted by molar-refractivity contribution is 9.39. The van der Waals surface area contributed by atoms with Crippen molar-refractivity contribution in [1.29, 1.82) is 0 Å². The van der Waals surface area contributed by atoms with Crippen LogP contribution in [0.1, 0.15) is 34.1 Å². The van der Waals surface area contributed by atoms with Crippen molar-refractivity contribution in [2.75, 3.05) is 6.16 Å². The molecule has 0 rings (SSSR count). The van der Waals surface area contributed by atoms with Gasteiger partial charge >= 0.3 is 0 Å². The van der Waals surface area contributed by atoms with E-state index in [0.717, 1.165) is 0 Å². The predicted octanol–water partition coefficient (Wildman–Crippen LogP) is 3.99. The minimum absolute atomic E-state index is 0.0908. The Morgan fingerprint density at radius 1 is 1.33 bits per heavy atom. The first-order chi connectivity index (χ1) is 3.98. The van der Waals surface area contributed by atoms with Crippen molar-refractivity contribution in [3.63, 3.8) is 0 Å². The molecule has 0 N–H and O–H groups in total. The highest BCUT2D eigenvalue weighted by Crippen LogP contribution is 2.56. The Labute approximate surface area is 67.9 Å². The van der Waals surface area contributed by atoms with Gasteiger partial charge in [0.25, 0.3) is 0 Å². The summed E-state index contributed by atoms with van der Waals surface area (Å²) < 4.78 is 0. The van der Waals surface area contributed by atoms with Crippen molar-refractivity contribution in [3.05, 3.63) is 0 Å².